The van der Waals surface area contributed by atoms with Crippen molar-refractivity contribution in [2.24, 2.45) is 7.05 Å². The zero-order valence-corrected chi connectivity index (χ0v) is 11.3. The number of carbonyl (C=O) groups is 1. The Morgan fingerprint density at radius 2 is 2.16 bits per heavy atom. The number of amides is 1. The number of hydrogen-bond acceptors (Lipinski definition) is 4. The number of rotatable bonds is 4. The number of carbonyl (C=O) groups excluding carboxylic acids is 1. The molecule has 7 heteroatoms. The second-order valence-corrected chi connectivity index (χ2v) is 4.50. The Kier molecular flexibility index (Phi) is 3.55. The van der Waals surface area contributed by atoms with Crippen LogP contribution in [0.5, 0.6) is 0 Å². The lowest BCUT2D eigenvalue weighted by Gasteiger charge is -2.05. The zero-order valence-electron chi connectivity index (χ0n) is 11.3. The molecule has 3 N–H and O–H groups in total. The van der Waals surface area contributed by atoms with Gasteiger partial charge in [0.05, 0.1) is 29.3 Å². The number of aryl methyl sites for hydroxylation is 2. The molecule has 2 heterocycles. The average Bonchev–Trinajstić information content (AvgIpc) is 2.88. The van der Waals surface area contributed by atoms with Gasteiger partial charge in [0.15, 0.2) is 0 Å². The van der Waals surface area contributed by atoms with Crippen molar-refractivity contribution in [1.29, 1.82) is 0 Å². The molecule has 2 aromatic rings. The largest absolute Gasteiger partial charge is 0.396 e. The number of nitrogens with zero attached hydrogens (tertiary/aromatic N) is 4. The Morgan fingerprint density at radius 3 is 2.68 bits per heavy atom. The standard InChI is InChI=1S/C12H18N6O/c1-8-12(13)9(2)18(15-8)7-11(19)14-6-10-4-5-17(3)16-10/h4-5H,6-7,13H2,1-3H3,(H,14,19). The molecule has 2 rings (SSSR count). The lowest BCUT2D eigenvalue weighted by molar-refractivity contribution is -0.122. The number of nitrogens with two attached hydrogens (primary N) is 1. The maximum Gasteiger partial charge on any atom is 0.242 e. The van der Waals surface area contributed by atoms with Gasteiger partial charge in [-0.3, -0.25) is 14.2 Å². The fourth-order valence-electron chi connectivity index (χ4n) is 1.80. The van der Waals surface area contributed by atoms with Crippen LogP contribution in [0.3, 0.4) is 0 Å². The summed E-state index contributed by atoms with van der Waals surface area (Å²) in [5.41, 5.74) is 8.83. The summed E-state index contributed by atoms with van der Waals surface area (Å²) in [5, 5.41) is 11.2. The molecule has 0 fully saturated rings. The van der Waals surface area contributed by atoms with Crippen molar-refractivity contribution >= 4 is 11.6 Å². The monoisotopic (exact) mass is 262 g/mol. The van der Waals surface area contributed by atoms with Crippen LogP contribution < -0.4 is 11.1 Å². The molecule has 102 valence electrons. The number of nitrogens with one attached hydrogen (secondary N) is 1. The van der Waals surface area contributed by atoms with Crippen LogP contribution in [0.15, 0.2) is 12.3 Å². The highest BCUT2D eigenvalue weighted by atomic mass is 16.2. The van der Waals surface area contributed by atoms with Gasteiger partial charge in [-0.25, -0.2) is 0 Å². The van der Waals surface area contributed by atoms with Crippen molar-refractivity contribution in [3.63, 3.8) is 0 Å². The van der Waals surface area contributed by atoms with Crippen LogP contribution in [-0.4, -0.2) is 25.5 Å². The first kappa shape index (κ1) is 13.1. The Hall–Kier alpha value is -2.31. The molecule has 19 heavy (non-hydrogen) atoms. The minimum absolute atomic E-state index is 0.115. The molecule has 0 aliphatic rings. The SMILES string of the molecule is Cc1nn(CC(=O)NCc2ccn(C)n2)c(C)c1N. The van der Waals surface area contributed by atoms with Gasteiger partial charge >= 0.3 is 0 Å². The van der Waals surface area contributed by atoms with Crippen molar-refractivity contribution < 1.29 is 4.79 Å². The van der Waals surface area contributed by atoms with Crippen molar-refractivity contribution in [2.45, 2.75) is 26.9 Å². The molecule has 2 aromatic heterocycles. The van der Waals surface area contributed by atoms with E-state index in [2.05, 4.69) is 15.5 Å². The van der Waals surface area contributed by atoms with Gasteiger partial charge in [-0.15, -0.1) is 0 Å². The van der Waals surface area contributed by atoms with Gasteiger partial charge in [-0.1, -0.05) is 0 Å². The van der Waals surface area contributed by atoms with E-state index in [0.29, 0.717) is 12.2 Å². The summed E-state index contributed by atoms with van der Waals surface area (Å²) < 4.78 is 3.31. The van der Waals surface area contributed by atoms with Crippen molar-refractivity contribution in [1.82, 2.24) is 24.9 Å². The summed E-state index contributed by atoms with van der Waals surface area (Å²) in [6.07, 6.45) is 1.84. The van der Waals surface area contributed by atoms with Crippen LogP contribution >= 0.6 is 0 Å². The zero-order chi connectivity index (χ0) is 14.0. The van der Waals surface area contributed by atoms with Crippen LogP contribution in [0.4, 0.5) is 5.69 Å². The fraction of sp³-hybridized carbons (Fsp3) is 0.417. The van der Waals surface area contributed by atoms with E-state index in [9.17, 15) is 4.79 Å². The number of nitrogen functional groups attached to an aromatic ring is 1. The summed E-state index contributed by atoms with van der Waals surface area (Å²) in [6, 6.07) is 1.86. The highest BCUT2D eigenvalue weighted by molar-refractivity contribution is 5.75. The van der Waals surface area contributed by atoms with E-state index in [1.54, 1.807) is 9.36 Å². The number of hydrogen-bond donors (Lipinski definition) is 2. The van der Waals surface area contributed by atoms with Crippen LogP contribution in [0.2, 0.25) is 0 Å². The summed E-state index contributed by atoms with van der Waals surface area (Å²) in [4.78, 5) is 11.8. The van der Waals surface area contributed by atoms with Gasteiger partial charge in [-0.05, 0) is 19.9 Å². The first-order valence-electron chi connectivity index (χ1n) is 6.02. The minimum atomic E-state index is -0.115. The second kappa shape index (κ2) is 5.13. The van der Waals surface area contributed by atoms with Gasteiger partial charge in [0.2, 0.25) is 5.91 Å². The summed E-state index contributed by atoms with van der Waals surface area (Å²) in [7, 11) is 1.84. The molecule has 0 saturated carbocycles. The van der Waals surface area contributed by atoms with E-state index < -0.39 is 0 Å². The lowest BCUT2D eigenvalue weighted by Crippen LogP contribution is -2.28. The lowest BCUT2D eigenvalue weighted by atomic mass is 10.3. The number of anilines is 1. The van der Waals surface area contributed by atoms with Crippen LogP contribution in [0, 0.1) is 13.8 Å². The van der Waals surface area contributed by atoms with Crippen LogP contribution in [0.25, 0.3) is 0 Å². The highest BCUT2D eigenvalue weighted by Gasteiger charge is 2.11. The van der Waals surface area contributed by atoms with Crippen molar-refractivity contribution in [3.05, 3.63) is 29.3 Å². The van der Waals surface area contributed by atoms with Crippen LogP contribution in [-0.2, 0) is 24.9 Å². The smallest absolute Gasteiger partial charge is 0.242 e. The average molecular weight is 262 g/mol. The van der Waals surface area contributed by atoms with E-state index in [1.807, 2.05) is 33.2 Å². The quantitative estimate of drug-likeness (QED) is 0.819. The van der Waals surface area contributed by atoms with Gasteiger partial charge in [0, 0.05) is 13.2 Å². The van der Waals surface area contributed by atoms with E-state index in [-0.39, 0.29) is 12.5 Å². The summed E-state index contributed by atoms with van der Waals surface area (Å²) in [6.45, 7) is 4.25. The molecule has 0 saturated heterocycles. The Morgan fingerprint density at radius 1 is 1.42 bits per heavy atom. The summed E-state index contributed by atoms with van der Waals surface area (Å²) >= 11 is 0. The van der Waals surface area contributed by atoms with Gasteiger partial charge in [-0.2, -0.15) is 10.2 Å². The molecule has 0 aliphatic carbocycles. The van der Waals surface area contributed by atoms with Gasteiger partial charge < -0.3 is 11.1 Å². The Balaban J connectivity index is 1.92. The Bertz CT molecular complexity index is 597. The minimum Gasteiger partial charge on any atom is -0.396 e. The van der Waals surface area contributed by atoms with E-state index in [1.165, 1.54) is 0 Å². The predicted molar refractivity (Wildman–Crippen MR) is 71.2 cm³/mol. The fourth-order valence-corrected chi connectivity index (χ4v) is 1.80. The molecule has 0 aliphatic heterocycles. The van der Waals surface area contributed by atoms with E-state index in [4.69, 9.17) is 5.73 Å². The topological polar surface area (TPSA) is 90.8 Å². The van der Waals surface area contributed by atoms with Gasteiger partial charge in [0.1, 0.15) is 6.54 Å². The summed E-state index contributed by atoms with van der Waals surface area (Å²) in [5.74, 6) is -0.115. The molecule has 7 nitrogen and oxygen atoms in total. The Labute approximate surface area is 111 Å². The molecular formula is C12H18N6O. The molecule has 0 aromatic carbocycles. The van der Waals surface area contributed by atoms with E-state index >= 15 is 0 Å². The molecule has 1 amide bonds. The van der Waals surface area contributed by atoms with Crippen molar-refractivity contribution in [2.75, 3.05) is 5.73 Å². The normalized spacial score (nSPS) is 10.7. The highest BCUT2D eigenvalue weighted by Crippen LogP contribution is 2.14. The molecule has 0 spiro atoms. The first-order valence-corrected chi connectivity index (χ1v) is 6.02. The van der Waals surface area contributed by atoms with Crippen LogP contribution in [0.1, 0.15) is 17.1 Å². The van der Waals surface area contributed by atoms with Crippen molar-refractivity contribution in [3.8, 4) is 0 Å². The third-order valence-corrected chi connectivity index (χ3v) is 2.97. The molecule has 0 radical (unpaired) electrons. The van der Waals surface area contributed by atoms with Gasteiger partial charge in [0.25, 0.3) is 0 Å². The third kappa shape index (κ3) is 2.93. The maximum atomic E-state index is 11.8. The first-order chi connectivity index (χ1) is 8.97. The number of aromatic nitrogens is 4. The molecular weight excluding hydrogens is 244 g/mol. The van der Waals surface area contributed by atoms with E-state index in [0.717, 1.165) is 17.1 Å². The molecule has 0 atom stereocenters. The molecule has 0 bridgehead atoms. The third-order valence-electron chi connectivity index (χ3n) is 2.97. The maximum absolute atomic E-state index is 11.8. The predicted octanol–water partition coefficient (Wildman–Crippen LogP) is 0.132. The molecule has 0 unspecified atom stereocenters. The second-order valence-electron chi connectivity index (χ2n) is 4.50.